The molecule has 23 heavy (non-hydrogen) atoms. The molecule has 4 rings (SSSR count). The third-order valence-corrected chi connectivity index (χ3v) is 5.03. The van der Waals surface area contributed by atoms with Crippen LogP contribution >= 0.6 is 11.6 Å². The molecule has 7 heteroatoms. The van der Waals surface area contributed by atoms with Crippen LogP contribution in [0.15, 0.2) is 24.3 Å². The highest BCUT2D eigenvalue weighted by atomic mass is 35.5. The predicted molar refractivity (Wildman–Crippen MR) is 86.2 cm³/mol. The van der Waals surface area contributed by atoms with Crippen LogP contribution in [0.25, 0.3) is 0 Å². The number of rotatable bonds is 4. The lowest BCUT2D eigenvalue weighted by Crippen LogP contribution is -2.40. The van der Waals surface area contributed by atoms with Gasteiger partial charge in [-0.25, -0.2) is 4.68 Å². The van der Waals surface area contributed by atoms with Crippen molar-refractivity contribution in [2.75, 3.05) is 19.7 Å². The lowest BCUT2D eigenvalue weighted by Gasteiger charge is -2.36. The van der Waals surface area contributed by atoms with Crippen molar-refractivity contribution < 1.29 is 4.74 Å². The van der Waals surface area contributed by atoms with Crippen molar-refractivity contribution in [3.8, 4) is 0 Å². The molecule has 1 saturated carbocycles. The van der Waals surface area contributed by atoms with Crippen molar-refractivity contribution >= 4 is 11.6 Å². The molecule has 0 spiro atoms. The summed E-state index contributed by atoms with van der Waals surface area (Å²) in [5.74, 6) is 0.951. The SMILES string of the molecule is CC(c1nnnn1C1CC1)N1CCOC(c2ccccc2Cl)C1. The van der Waals surface area contributed by atoms with E-state index in [-0.39, 0.29) is 12.1 Å². The first kappa shape index (κ1) is 15.1. The summed E-state index contributed by atoms with van der Waals surface area (Å²) in [6, 6.07) is 8.55. The standard InChI is InChI=1S/C16H20ClN5O/c1-11(16-18-19-20-22(16)12-6-7-12)21-8-9-23-15(10-21)13-4-2-3-5-14(13)17/h2-5,11-12,15H,6-10H2,1H3. The first-order valence-electron chi connectivity index (χ1n) is 8.12. The van der Waals surface area contributed by atoms with Gasteiger partial charge in [0.2, 0.25) is 0 Å². The minimum atomic E-state index is -0.00912. The number of ether oxygens (including phenoxy) is 1. The van der Waals surface area contributed by atoms with E-state index >= 15 is 0 Å². The minimum absolute atomic E-state index is 0.00912. The zero-order valence-electron chi connectivity index (χ0n) is 13.1. The Morgan fingerprint density at radius 1 is 1.30 bits per heavy atom. The van der Waals surface area contributed by atoms with Crippen molar-refractivity contribution in [3.05, 3.63) is 40.7 Å². The van der Waals surface area contributed by atoms with Gasteiger partial charge in [0.25, 0.3) is 0 Å². The number of tetrazole rings is 1. The highest BCUT2D eigenvalue weighted by molar-refractivity contribution is 6.31. The molecule has 0 amide bonds. The fourth-order valence-electron chi connectivity index (χ4n) is 3.16. The largest absolute Gasteiger partial charge is 0.371 e. The van der Waals surface area contributed by atoms with E-state index in [9.17, 15) is 0 Å². The molecule has 2 heterocycles. The smallest absolute Gasteiger partial charge is 0.168 e. The molecule has 0 N–H and O–H groups in total. The predicted octanol–water partition coefficient (Wildman–Crippen LogP) is 2.80. The molecule has 1 aromatic carbocycles. The summed E-state index contributed by atoms with van der Waals surface area (Å²) < 4.78 is 7.94. The Kier molecular flexibility index (Phi) is 4.05. The summed E-state index contributed by atoms with van der Waals surface area (Å²) >= 11 is 6.32. The van der Waals surface area contributed by atoms with Gasteiger partial charge in [0.1, 0.15) is 0 Å². The molecular formula is C16H20ClN5O. The van der Waals surface area contributed by atoms with E-state index < -0.39 is 0 Å². The molecule has 1 aliphatic carbocycles. The quantitative estimate of drug-likeness (QED) is 0.861. The Labute approximate surface area is 140 Å². The van der Waals surface area contributed by atoms with Crippen LogP contribution in [-0.2, 0) is 4.74 Å². The van der Waals surface area contributed by atoms with Crippen molar-refractivity contribution in [2.24, 2.45) is 0 Å². The summed E-state index contributed by atoms with van der Waals surface area (Å²) in [5, 5.41) is 13.1. The minimum Gasteiger partial charge on any atom is -0.371 e. The van der Waals surface area contributed by atoms with Crippen LogP contribution in [0.5, 0.6) is 0 Å². The highest BCUT2D eigenvalue weighted by Crippen LogP contribution is 2.37. The molecule has 2 fully saturated rings. The molecule has 2 aliphatic rings. The normalized spacial score (nSPS) is 23.8. The Morgan fingerprint density at radius 3 is 2.91 bits per heavy atom. The van der Waals surface area contributed by atoms with Gasteiger partial charge in [-0.1, -0.05) is 29.8 Å². The second kappa shape index (κ2) is 6.19. The van der Waals surface area contributed by atoms with Gasteiger partial charge < -0.3 is 4.74 Å². The van der Waals surface area contributed by atoms with Gasteiger partial charge in [0.05, 0.1) is 24.8 Å². The molecule has 1 aromatic heterocycles. The maximum Gasteiger partial charge on any atom is 0.168 e. The molecule has 0 radical (unpaired) electrons. The van der Waals surface area contributed by atoms with Gasteiger partial charge in [0, 0.05) is 23.7 Å². The lowest BCUT2D eigenvalue weighted by atomic mass is 10.1. The number of benzene rings is 1. The van der Waals surface area contributed by atoms with E-state index in [2.05, 4.69) is 27.3 Å². The van der Waals surface area contributed by atoms with E-state index in [0.29, 0.717) is 12.6 Å². The molecular weight excluding hydrogens is 314 g/mol. The number of hydrogen-bond acceptors (Lipinski definition) is 5. The number of hydrogen-bond donors (Lipinski definition) is 0. The second-order valence-electron chi connectivity index (χ2n) is 6.26. The molecule has 122 valence electrons. The first-order valence-corrected chi connectivity index (χ1v) is 8.49. The highest BCUT2D eigenvalue weighted by Gasteiger charge is 2.33. The third kappa shape index (κ3) is 2.98. The zero-order chi connectivity index (χ0) is 15.8. The Balaban J connectivity index is 1.53. The van der Waals surface area contributed by atoms with Gasteiger partial charge >= 0.3 is 0 Å². The van der Waals surface area contributed by atoms with Crippen LogP contribution < -0.4 is 0 Å². The van der Waals surface area contributed by atoms with Crippen molar-refractivity contribution in [2.45, 2.75) is 38.0 Å². The number of nitrogens with zero attached hydrogens (tertiary/aromatic N) is 5. The monoisotopic (exact) mass is 333 g/mol. The van der Waals surface area contributed by atoms with E-state index in [1.165, 1.54) is 12.8 Å². The van der Waals surface area contributed by atoms with Gasteiger partial charge in [0.15, 0.2) is 5.82 Å². The Morgan fingerprint density at radius 2 is 2.13 bits per heavy atom. The number of morpholine rings is 1. The molecule has 0 bridgehead atoms. The van der Waals surface area contributed by atoms with Crippen LogP contribution in [0.1, 0.15) is 49.3 Å². The van der Waals surface area contributed by atoms with Crippen molar-refractivity contribution in [1.82, 2.24) is 25.1 Å². The van der Waals surface area contributed by atoms with Gasteiger partial charge in [-0.15, -0.1) is 5.10 Å². The molecule has 2 atom stereocenters. The Hall–Kier alpha value is -1.50. The van der Waals surface area contributed by atoms with Gasteiger partial charge in [-0.3, -0.25) is 4.90 Å². The molecule has 1 saturated heterocycles. The van der Waals surface area contributed by atoms with E-state index in [1.54, 1.807) is 0 Å². The maximum absolute atomic E-state index is 6.32. The fraction of sp³-hybridized carbons (Fsp3) is 0.562. The molecule has 6 nitrogen and oxygen atoms in total. The fourth-order valence-corrected chi connectivity index (χ4v) is 3.42. The van der Waals surface area contributed by atoms with Gasteiger partial charge in [-0.05, 0) is 36.3 Å². The van der Waals surface area contributed by atoms with Crippen LogP contribution in [-0.4, -0.2) is 44.8 Å². The van der Waals surface area contributed by atoms with Crippen LogP contribution in [0.2, 0.25) is 5.02 Å². The summed E-state index contributed by atoms with van der Waals surface area (Å²) in [4.78, 5) is 2.38. The topological polar surface area (TPSA) is 56.1 Å². The first-order chi connectivity index (χ1) is 11.2. The summed E-state index contributed by atoms with van der Waals surface area (Å²) in [7, 11) is 0. The average molecular weight is 334 g/mol. The van der Waals surface area contributed by atoms with E-state index in [1.807, 2.05) is 28.9 Å². The molecule has 1 aliphatic heterocycles. The lowest BCUT2D eigenvalue weighted by molar-refractivity contribution is -0.0447. The Bertz CT molecular complexity index is 687. The van der Waals surface area contributed by atoms with Gasteiger partial charge in [-0.2, -0.15) is 0 Å². The number of halogens is 1. The number of aromatic nitrogens is 4. The van der Waals surface area contributed by atoms with E-state index in [4.69, 9.17) is 16.3 Å². The van der Waals surface area contributed by atoms with Crippen molar-refractivity contribution in [3.63, 3.8) is 0 Å². The van der Waals surface area contributed by atoms with Crippen LogP contribution in [0.4, 0.5) is 0 Å². The maximum atomic E-state index is 6.32. The third-order valence-electron chi connectivity index (χ3n) is 4.68. The summed E-state index contributed by atoms with van der Waals surface area (Å²) in [6.07, 6.45) is 2.34. The second-order valence-corrected chi connectivity index (χ2v) is 6.67. The van der Waals surface area contributed by atoms with Crippen LogP contribution in [0, 0.1) is 0 Å². The summed E-state index contributed by atoms with van der Waals surface area (Å²) in [6.45, 7) is 4.52. The molecule has 2 unspecified atom stereocenters. The van der Waals surface area contributed by atoms with E-state index in [0.717, 1.165) is 29.5 Å². The molecule has 2 aromatic rings. The van der Waals surface area contributed by atoms with Crippen molar-refractivity contribution in [1.29, 1.82) is 0 Å². The van der Waals surface area contributed by atoms with Crippen LogP contribution in [0.3, 0.4) is 0 Å². The zero-order valence-corrected chi connectivity index (χ0v) is 13.9. The average Bonchev–Trinajstić information content (AvgIpc) is 3.31. The summed E-state index contributed by atoms with van der Waals surface area (Å²) in [5.41, 5.74) is 1.05.